The van der Waals surface area contributed by atoms with Crippen molar-refractivity contribution in [1.82, 2.24) is 4.90 Å². The number of fused-ring (bicyclic) bond motifs is 1. The van der Waals surface area contributed by atoms with E-state index in [1.54, 1.807) is 0 Å². The summed E-state index contributed by atoms with van der Waals surface area (Å²) in [6, 6.07) is 1.04. The fourth-order valence-electron chi connectivity index (χ4n) is 4.86. The molecule has 2 nitrogen and oxygen atoms in total. The number of carbonyl (C=O) groups excluding carboxylic acids is 1. The maximum absolute atomic E-state index is 13.4. The summed E-state index contributed by atoms with van der Waals surface area (Å²) in [5.41, 5.74) is 0. The number of nitrogens with zero attached hydrogens (tertiary/aromatic N) is 1. The van der Waals surface area contributed by atoms with E-state index >= 15 is 0 Å². The molecule has 0 aromatic carbocycles. The highest BCUT2D eigenvalue weighted by molar-refractivity contribution is 5.80. The summed E-state index contributed by atoms with van der Waals surface area (Å²) in [5.74, 6) is 2.98. The average molecular weight is 293 g/mol. The second-order valence-electron chi connectivity index (χ2n) is 8.21. The molecule has 4 unspecified atom stereocenters. The molecule has 5 atom stereocenters. The van der Waals surface area contributed by atoms with Gasteiger partial charge in [-0.2, -0.15) is 0 Å². The summed E-state index contributed by atoms with van der Waals surface area (Å²) in [6.07, 6.45) is 6.25. The van der Waals surface area contributed by atoms with Crippen molar-refractivity contribution < 1.29 is 4.79 Å². The van der Waals surface area contributed by atoms with E-state index in [0.717, 1.165) is 12.3 Å². The van der Waals surface area contributed by atoms with Gasteiger partial charge in [0.1, 0.15) is 0 Å². The van der Waals surface area contributed by atoms with Crippen molar-refractivity contribution >= 4 is 5.91 Å². The molecular formula is C19H35NO. The summed E-state index contributed by atoms with van der Waals surface area (Å²) in [7, 11) is 0. The van der Waals surface area contributed by atoms with E-state index in [2.05, 4.69) is 46.4 Å². The van der Waals surface area contributed by atoms with E-state index in [0.29, 0.717) is 35.7 Å². The molecule has 1 amide bonds. The SMILES string of the molecule is CCC(C)C(C(=O)N1C2CCCC2C[C@H]1C(C)C)C(C)C. The minimum atomic E-state index is 0.204. The van der Waals surface area contributed by atoms with Crippen LogP contribution in [0.3, 0.4) is 0 Å². The molecular weight excluding hydrogens is 258 g/mol. The molecule has 1 heterocycles. The lowest BCUT2D eigenvalue weighted by molar-refractivity contribution is -0.143. The van der Waals surface area contributed by atoms with Gasteiger partial charge in [0.15, 0.2) is 0 Å². The molecule has 0 aromatic heterocycles. The van der Waals surface area contributed by atoms with Gasteiger partial charge in [0.25, 0.3) is 0 Å². The molecule has 1 saturated heterocycles. The second-order valence-corrected chi connectivity index (χ2v) is 8.21. The highest BCUT2D eigenvalue weighted by atomic mass is 16.2. The normalized spacial score (nSPS) is 31.8. The first-order valence-electron chi connectivity index (χ1n) is 9.20. The van der Waals surface area contributed by atoms with Gasteiger partial charge >= 0.3 is 0 Å². The maximum Gasteiger partial charge on any atom is 0.226 e. The van der Waals surface area contributed by atoms with Crippen LogP contribution in [0.1, 0.15) is 73.6 Å². The van der Waals surface area contributed by atoms with E-state index < -0.39 is 0 Å². The molecule has 122 valence electrons. The molecule has 0 bridgehead atoms. The first kappa shape index (κ1) is 16.8. The summed E-state index contributed by atoms with van der Waals surface area (Å²) in [6.45, 7) is 13.5. The van der Waals surface area contributed by atoms with Crippen LogP contribution in [0.4, 0.5) is 0 Å². The van der Waals surface area contributed by atoms with Crippen LogP contribution in [0, 0.1) is 29.6 Å². The molecule has 2 heteroatoms. The molecule has 1 aliphatic carbocycles. The minimum Gasteiger partial charge on any atom is -0.336 e. The average Bonchev–Trinajstić information content (AvgIpc) is 2.97. The minimum absolute atomic E-state index is 0.204. The maximum atomic E-state index is 13.4. The van der Waals surface area contributed by atoms with Crippen molar-refractivity contribution in [3.05, 3.63) is 0 Å². The molecule has 0 spiro atoms. The molecule has 1 aliphatic heterocycles. The standard InChI is InChI=1S/C19H35NO/c1-7-14(6)18(13(4)5)19(21)20-16-10-8-9-15(16)11-17(20)12(2)3/h12-18H,7-11H2,1-6H3/t14?,15?,16?,17-,18?/m0/s1. The van der Waals surface area contributed by atoms with Gasteiger partial charge in [0.05, 0.1) is 0 Å². The van der Waals surface area contributed by atoms with Crippen LogP contribution in [-0.4, -0.2) is 22.9 Å². The highest BCUT2D eigenvalue weighted by Crippen LogP contribution is 2.45. The van der Waals surface area contributed by atoms with Crippen LogP contribution in [0.2, 0.25) is 0 Å². The van der Waals surface area contributed by atoms with Crippen molar-refractivity contribution in [2.45, 2.75) is 85.7 Å². The van der Waals surface area contributed by atoms with Crippen molar-refractivity contribution in [3.8, 4) is 0 Å². The Bertz CT molecular complexity index is 363. The third kappa shape index (κ3) is 3.14. The van der Waals surface area contributed by atoms with E-state index in [1.165, 1.54) is 25.7 Å². The van der Waals surface area contributed by atoms with E-state index in [-0.39, 0.29) is 5.92 Å². The van der Waals surface area contributed by atoms with Gasteiger partial charge in [-0.15, -0.1) is 0 Å². The van der Waals surface area contributed by atoms with Gasteiger partial charge < -0.3 is 4.90 Å². The highest BCUT2D eigenvalue weighted by Gasteiger charge is 2.48. The Kier molecular flexibility index (Phi) is 5.38. The number of hydrogen-bond donors (Lipinski definition) is 0. The Labute approximate surface area is 131 Å². The molecule has 2 aliphatic rings. The topological polar surface area (TPSA) is 20.3 Å². The Morgan fingerprint density at radius 3 is 2.33 bits per heavy atom. The molecule has 0 N–H and O–H groups in total. The third-order valence-electron chi connectivity index (χ3n) is 6.16. The lowest BCUT2D eigenvalue weighted by atomic mass is 9.81. The monoisotopic (exact) mass is 293 g/mol. The van der Waals surface area contributed by atoms with Gasteiger partial charge in [-0.05, 0) is 42.9 Å². The van der Waals surface area contributed by atoms with Gasteiger partial charge in [-0.25, -0.2) is 0 Å². The zero-order chi connectivity index (χ0) is 15.7. The zero-order valence-electron chi connectivity index (χ0n) is 14.9. The lowest BCUT2D eigenvalue weighted by Gasteiger charge is -2.38. The van der Waals surface area contributed by atoms with Gasteiger partial charge in [0.2, 0.25) is 5.91 Å². The predicted molar refractivity (Wildman–Crippen MR) is 89.0 cm³/mol. The largest absolute Gasteiger partial charge is 0.336 e. The Morgan fingerprint density at radius 1 is 1.14 bits per heavy atom. The van der Waals surface area contributed by atoms with Gasteiger partial charge in [-0.1, -0.05) is 54.4 Å². The van der Waals surface area contributed by atoms with Crippen LogP contribution in [-0.2, 0) is 4.79 Å². The Hall–Kier alpha value is -0.530. The molecule has 2 fully saturated rings. The third-order valence-corrected chi connectivity index (χ3v) is 6.16. The van der Waals surface area contributed by atoms with Gasteiger partial charge in [0, 0.05) is 18.0 Å². The smallest absolute Gasteiger partial charge is 0.226 e. The lowest BCUT2D eigenvalue weighted by Crippen LogP contribution is -2.48. The van der Waals surface area contributed by atoms with Crippen LogP contribution >= 0.6 is 0 Å². The molecule has 21 heavy (non-hydrogen) atoms. The van der Waals surface area contributed by atoms with E-state index in [9.17, 15) is 4.79 Å². The van der Waals surface area contributed by atoms with Crippen LogP contribution in [0.25, 0.3) is 0 Å². The first-order valence-corrected chi connectivity index (χ1v) is 9.20. The number of rotatable bonds is 5. The molecule has 2 rings (SSSR count). The molecule has 0 radical (unpaired) electrons. The fourth-order valence-corrected chi connectivity index (χ4v) is 4.86. The Morgan fingerprint density at radius 2 is 1.81 bits per heavy atom. The van der Waals surface area contributed by atoms with Crippen LogP contribution in [0.5, 0.6) is 0 Å². The number of hydrogen-bond acceptors (Lipinski definition) is 1. The predicted octanol–water partition coefficient (Wildman–Crippen LogP) is 4.73. The van der Waals surface area contributed by atoms with Crippen LogP contribution in [0.15, 0.2) is 0 Å². The zero-order valence-corrected chi connectivity index (χ0v) is 14.9. The van der Waals surface area contributed by atoms with E-state index in [1.807, 2.05) is 0 Å². The quantitative estimate of drug-likeness (QED) is 0.717. The fraction of sp³-hybridized carbons (Fsp3) is 0.947. The van der Waals surface area contributed by atoms with Gasteiger partial charge in [-0.3, -0.25) is 4.79 Å². The Balaban J connectivity index is 2.24. The number of likely N-dealkylation sites (tertiary alicyclic amines) is 1. The summed E-state index contributed by atoms with van der Waals surface area (Å²) >= 11 is 0. The number of carbonyl (C=O) groups is 1. The van der Waals surface area contributed by atoms with Crippen molar-refractivity contribution in [1.29, 1.82) is 0 Å². The summed E-state index contributed by atoms with van der Waals surface area (Å²) < 4.78 is 0. The van der Waals surface area contributed by atoms with Crippen molar-refractivity contribution in [2.24, 2.45) is 29.6 Å². The van der Waals surface area contributed by atoms with Crippen molar-refractivity contribution in [2.75, 3.05) is 0 Å². The molecule has 1 saturated carbocycles. The van der Waals surface area contributed by atoms with Crippen LogP contribution < -0.4 is 0 Å². The first-order chi connectivity index (χ1) is 9.88. The van der Waals surface area contributed by atoms with E-state index in [4.69, 9.17) is 0 Å². The summed E-state index contributed by atoms with van der Waals surface area (Å²) in [4.78, 5) is 15.7. The number of amides is 1. The van der Waals surface area contributed by atoms with Crippen molar-refractivity contribution in [3.63, 3.8) is 0 Å². The second kappa shape index (κ2) is 6.71. The summed E-state index contributed by atoms with van der Waals surface area (Å²) in [5, 5.41) is 0. The molecule has 0 aromatic rings.